The van der Waals surface area contributed by atoms with Gasteiger partial charge in [0.25, 0.3) is 6.47 Å². The minimum atomic E-state index is -0.250. The van der Waals surface area contributed by atoms with Crippen molar-refractivity contribution in [2.24, 2.45) is 5.92 Å². The number of halogens is 1. The molecule has 0 amide bonds. The monoisotopic (exact) mass is 613 g/mol. The van der Waals surface area contributed by atoms with Gasteiger partial charge < -0.3 is 14.6 Å². The molecule has 7 heteroatoms. The first-order chi connectivity index (χ1) is 20.6. The van der Waals surface area contributed by atoms with E-state index in [0.717, 1.165) is 60.5 Å². The molecule has 1 heterocycles. The molecule has 2 aliphatic rings. The molecule has 230 valence electrons. The van der Waals surface area contributed by atoms with Crippen LogP contribution in [0.2, 0.25) is 5.02 Å². The summed E-state index contributed by atoms with van der Waals surface area (Å²) in [6, 6.07) is 24.9. The third-order valence-electron chi connectivity index (χ3n) is 7.00. The molecule has 0 radical (unpaired) electrons. The average molecular weight is 614 g/mol. The first kappa shape index (κ1) is 35.5. The van der Waals surface area contributed by atoms with Crippen LogP contribution in [0, 0.1) is 5.92 Å². The Labute approximate surface area is 262 Å². The average Bonchev–Trinajstić information content (AvgIpc) is 3.05. The Morgan fingerprint density at radius 3 is 1.83 bits per heavy atom. The van der Waals surface area contributed by atoms with Gasteiger partial charge in [0.15, 0.2) is 0 Å². The van der Waals surface area contributed by atoms with E-state index in [-0.39, 0.29) is 12.6 Å². The summed E-state index contributed by atoms with van der Waals surface area (Å²) < 4.78 is 14.8. The first-order valence-electron chi connectivity index (χ1n) is 15.4. The van der Waals surface area contributed by atoms with E-state index in [1.165, 1.54) is 42.6 Å². The molecule has 3 aromatic rings. The maximum atomic E-state index is 8.36. The van der Waals surface area contributed by atoms with Crippen molar-refractivity contribution >= 4 is 30.0 Å². The Bertz CT molecular complexity index is 1100. The molecule has 3 aromatic carbocycles. The fraction of sp³-hybridized carbons (Fsp3) is 0.457. The molecule has 0 aromatic heterocycles. The normalized spacial score (nSPS) is 15.5. The minimum Gasteiger partial charge on any atom is -0.493 e. The molecule has 42 heavy (non-hydrogen) atoms. The molecule has 1 N–H and O–H groups in total. The van der Waals surface area contributed by atoms with Gasteiger partial charge in [-0.25, -0.2) is 4.31 Å². The lowest BCUT2D eigenvalue weighted by atomic mass is 9.90. The number of carbonyl (C=O) groups is 1. The molecular formula is C35H48ClNO4S. The third kappa shape index (κ3) is 12.7. The standard InChI is InChI=1S/C30H34ClNO2S.2C2H6.CH2O2/c31-26-10-6-24(7-11-26)25-8-12-28(13-9-25)34-29-18-20-32(21-19-29)35-30-16-14-27(15-17-30)33-22-23-4-2-1-3-5-23;2*1-2;2-1-3/h6-17,23,29H,1-5,18-22H2;2*1-2H3;1H,(H,2,3). The fourth-order valence-electron chi connectivity index (χ4n) is 4.92. The predicted molar refractivity (Wildman–Crippen MR) is 178 cm³/mol. The Morgan fingerprint density at radius 2 is 1.29 bits per heavy atom. The van der Waals surface area contributed by atoms with Gasteiger partial charge in [-0.05, 0) is 103 Å². The quantitative estimate of drug-likeness (QED) is 0.201. The zero-order valence-corrected chi connectivity index (χ0v) is 27.2. The van der Waals surface area contributed by atoms with Crippen LogP contribution in [0.15, 0.2) is 77.7 Å². The van der Waals surface area contributed by atoms with Gasteiger partial charge in [0.05, 0.1) is 6.61 Å². The third-order valence-corrected chi connectivity index (χ3v) is 8.36. The summed E-state index contributed by atoms with van der Waals surface area (Å²) in [5.74, 6) is 2.68. The summed E-state index contributed by atoms with van der Waals surface area (Å²) in [6.45, 7) is 10.7. The van der Waals surface area contributed by atoms with Gasteiger partial charge in [0, 0.05) is 23.0 Å². The van der Waals surface area contributed by atoms with E-state index in [1.807, 2.05) is 63.9 Å². The van der Waals surface area contributed by atoms with E-state index in [9.17, 15) is 0 Å². The lowest BCUT2D eigenvalue weighted by Crippen LogP contribution is -2.34. The minimum absolute atomic E-state index is 0.250. The van der Waals surface area contributed by atoms with Gasteiger partial charge in [-0.15, -0.1) is 0 Å². The lowest BCUT2D eigenvalue weighted by Gasteiger charge is -2.31. The topological polar surface area (TPSA) is 59.0 Å². The summed E-state index contributed by atoms with van der Waals surface area (Å²) in [7, 11) is 0. The van der Waals surface area contributed by atoms with Crippen LogP contribution in [0.4, 0.5) is 0 Å². The van der Waals surface area contributed by atoms with Gasteiger partial charge in [0.2, 0.25) is 0 Å². The molecule has 5 nitrogen and oxygen atoms in total. The van der Waals surface area contributed by atoms with Crippen LogP contribution >= 0.6 is 23.5 Å². The van der Waals surface area contributed by atoms with Gasteiger partial charge in [0.1, 0.15) is 17.6 Å². The highest BCUT2D eigenvalue weighted by molar-refractivity contribution is 7.97. The molecule has 0 atom stereocenters. The van der Waals surface area contributed by atoms with Gasteiger partial charge in [-0.3, -0.25) is 4.79 Å². The Balaban J connectivity index is 0.000000813. The molecule has 5 rings (SSSR count). The van der Waals surface area contributed by atoms with Crippen molar-refractivity contribution in [2.45, 2.75) is 83.6 Å². The summed E-state index contributed by atoms with van der Waals surface area (Å²) >= 11 is 7.84. The van der Waals surface area contributed by atoms with Gasteiger partial charge in [-0.2, -0.15) is 0 Å². The smallest absolute Gasteiger partial charge is 0.290 e. The van der Waals surface area contributed by atoms with E-state index in [4.69, 9.17) is 31.0 Å². The summed E-state index contributed by atoms with van der Waals surface area (Å²) in [5.41, 5.74) is 2.33. The van der Waals surface area contributed by atoms with Crippen molar-refractivity contribution in [2.75, 3.05) is 19.7 Å². The highest BCUT2D eigenvalue weighted by atomic mass is 35.5. The molecule has 2 fully saturated rings. The number of carboxylic acid groups (broad SMARTS) is 1. The number of ether oxygens (including phenoxy) is 2. The second kappa shape index (κ2) is 21.1. The molecule has 1 aliphatic carbocycles. The van der Waals surface area contributed by atoms with Crippen molar-refractivity contribution in [1.29, 1.82) is 0 Å². The van der Waals surface area contributed by atoms with Crippen molar-refractivity contribution in [1.82, 2.24) is 4.31 Å². The lowest BCUT2D eigenvalue weighted by molar-refractivity contribution is -0.122. The largest absolute Gasteiger partial charge is 0.493 e. The van der Waals surface area contributed by atoms with Crippen molar-refractivity contribution < 1.29 is 19.4 Å². The van der Waals surface area contributed by atoms with Crippen LogP contribution in [-0.4, -0.2) is 41.7 Å². The Hall–Kier alpha value is -2.67. The number of hydrogen-bond acceptors (Lipinski definition) is 5. The van der Waals surface area contributed by atoms with Crippen LogP contribution in [0.5, 0.6) is 11.5 Å². The molecule has 1 aliphatic heterocycles. The zero-order chi connectivity index (χ0) is 30.6. The van der Waals surface area contributed by atoms with E-state index >= 15 is 0 Å². The highest BCUT2D eigenvalue weighted by Gasteiger charge is 2.21. The van der Waals surface area contributed by atoms with Crippen LogP contribution in [0.25, 0.3) is 11.1 Å². The Kier molecular flexibility index (Phi) is 17.8. The summed E-state index contributed by atoms with van der Waals surface area (Å²) in [5, 5.41) is 7.65. The predicted octanol–water partition coefficient (Wildman–Crippen LogP) is 10.3. The van der Waals surface area contributed by atoms with Crippen LogP contribution in [0.1, 0.15) is 72.6 Å². The number of nitrogens with zero attached hydrogens (tertiary/aromatic N) is 1. The summed E-state index contributed by atoms with van der Waals surface area (Å²) in [4.78, 5) is 9.63. The molecule has 0 spiro atoms. The maximum absolute atomic E-state index is 8.36. The second-order valence-electron chi connectivity index (χ2n) is 9.76. The number of benzene rings is 3. The second-order valence-corrected chi connectivity index (χ2v) is 11.4. The Morgan fingerprint density at radius 1 is 0.786 bits per heavy atom. The van der Waals surface area contributed by atoms with Crippen molar-refractivity contribution in [3.63, 3.8) is 0 Å². The maximum Gasteiger partial charge on any atom is 0.290 e. The molecule has 0 unspecified atom stereocenters. The SMILES string of the molecule is CC.CC.Clc1ccc(-c2ccc(OC3CCN(Sc4ccc(OCC5CCCCC5)cc4)CC3)cc2)cc1.O=CO. The van der Waals surface area contributed by atoms with E-state index < -0.39 is 0 Å². The number of rotatable bonds is 8. The highest BCUT2D eigenvalue weighted by Crippen LogP contribution is 2.31. The van der Waals surface area contributed by atoms with Gasteiger partial charge >= 0.3 is 0 Å². The van der Waals surface area contributed by atoms with E-state index in [2.05, 4.69) is 52.8 Å². The molecular weight excluding hydrogens is 566 g/mol. The number of hydrogen-bond donors (Lipinski definition) is 1. The molecule has 1 saturated heterocycles. The van der Waals surface area contributed by atoms with E-state index in [1.54, 1.807) is 0 Å². The molecule has 1 saturated carbocycles. The van der Waals surface area contributed by atoms with Crippen LogP contribution < -0.4 is 9.47 Å². The zero-order valence-electron chi connectivity index (χ0n) is 25.6. The van der Waals surface area contributed by atoms with E-state index in [0.29, 0.717) is 0 Å². The first-order valence-corrected chi connectivity index (χ1v) is 16.5. The van der Waals surface area contributed by atoms with Crippen LogP contribution in [-0.2, 0) is 4.79 Å². The van der Waals surface area contributed by atoms with Crippen molar-refractivity contribution in [3.05, 3.63) is 77.8 Å². The fourth-order valence-corrected chi connectivity index (χ4v) is 5.99. The summed E-state index contributed by atoms with van der Waals surface area (Å²) in [6.07, 6.45) is 9.10. The van der Waals surface area contributed by atoms with Crippen LogP contribution in [0.3, 0.4) is 0 Å². The van der Waals surface area contributed by atoms with Crippen molar-refractivity contribution in [3.8, 4) is 22.6 Å². The van der Waals surface area contributed by atoms with Gasteiger partial charge in [-0.1, -0.05) is 82.8 Å². The number of piperidine rings is 1. The molecule has 0 bridgehead atoms.